The number of ketones is 1. The van der Waals surface area contributed by atoms with E-state index in [-0.39, 0.29) is 5.78 Å². The van der Waals surface area contributed by atoms with Crippen molar-refractivity contribution in [1.29, 1.82) is 0 Å². The van der Waals surface area contributed by atoms with E-state index in [0.717, 1.165) is 17.2 Å². The van der Waals surface area contributed by atoms with Gasteiger partial charge in [-0.25, -0.2) is 4.99 Å². The predicted octanol–water partition coefficient (Wildman–Crippen LogP) is 5.94. The molecule has 0 aliphatic heterocycles. The minimum Gasteiger partial charge on any atom is -0.353 e. The van der Waals surface area contributed by atoms with E-state index >= 15 is 0 Å². The van der Waals surface area contributed by atoms with Crippen molar-refractivity contribution in [2.24, 2.45) is 4.99 Å². The van der Waals surface area contributed by atoms with Crippen molar-refractivity contribution >= 4 is 17.4 Å². The zero-order valence-electron chi connectivity index (χ0n) is 17.8. The maximum Gasteiger partial charge on any atom is 0.196 e. The maximum atomic E-state index is 12.6. The summed E-state index contributed by atoms with van der Waals surface area (Å²) in [6.45, 7) is 0. The molecule has 0 amide bonds. The van der Waals surface area contributed by atoms with Gasteiger partial charge in [0.1, 0.15) is 0 Å². The molecule has 2 aliphatic carbocycles. The second kappa shape index (κ2) is 10.4. The molecule has 2 aromatic carbocycles. The van der Waals surface area contributed by atoms with Crippen LogP contribution in [-0.2, 0) is 0 Å². The fourth-order valence-electron chi connectivity index (χ4n) is 4.54. The number of guanidine groups is 1. The van der Waals surface area contributed by atoms with Crippen molar-refractivity contribution in [3.05, 3.63) is 65.7 Å². The van der Waals surface area contributed by atoms with Crippen molar-refractivity contribution in [3.8, 4) is 0 Å². The van der Waals surface area contributed by atoms with Crippen LogP contribution in [0.3, 0.4) is 0 Å². The van der Waals surface area contributed by atoms with Crippen LogP contribution in [0.2, 0.25) is 0 Å². The van der Waals surface area contributed by atoms with Crippen molar-refractivity contribution in [1.82, 2.24) is 5.32 Å². The molecular formula is C26H33N3O. The van der Waals surface area contributed by atoms with Gasteiger partial charge in [0.2, 0.25) is 0 Å². The van der Waals surface area contributed by atoms with Crippen molar-refractivity contribution < 1.29 is 4.79 Å². The smallest absolute Gasteiger partial charge is 0.196 e. The number of carbonyl (C=O) groups excluding carboxylic acids is 1. The molecule has 2 aromatic rings. The number of rotatable bonds is 5. The zero-order valence-corrected chi connectivity index (χ0v) is 17.8. The molecule has 4 nitrogen and oxygen atoms in total. The number of carbonyl (C=O) groups is 1. The van der Waals surface area contributed by atoms with Crippen LogP contribution in [0.4, 0.5) is 5.69 Å². The molecule has 0 aromatic heterocycles. The van der Waals surface area contributed by atoms with Gasteiger partial charge in [-0.3, -0.25) is 4.79 Å². The van der Waals surface area contributed by atoms with E-state index < -0.39 is 0 Å². The third-order valence-electron chi connectivity index (χ3n) is 6.28. The quantitative estimate of drug-likeness (QED) is 0.369. The molecular weight excluding hydrogens is 370 g/mol. The standard InChI is InChI=1S/C26H33N3O/c30-25(20-10-4-1-5-11-20)21-16-18-24(19-17-21)29-26(27-22-12-6-2-7-13-22)28-23-14-8-3-9-15-23/h1,4-5,10-11,16-19,22-23H,2-3,6-9,12-15H2,(H2,27,28,29). The zero-order chi connectivity index (χ0) is 20.6. The Balaban J connectivity index is 1.46. The second-order valence-corrected chi connectivity index (χ2v) is 8.65. The fraction of sp³-hybridized carbons (Fsp3) is 0.462. The highest BCUT2D eigenvalue weighted by Crippen LogP contribution is 2.22. The first kappa shape index (κ1) is 20.6. The van der Waals surface area contributed by atoms with E-state index in [4.69, 9.17) is 4.99 Å². The summed E-state index contributed by atoms with van der Waals surface area (Å²) in [6.07, 6.45) is 12.6. The Morgan fingerprint density at radius 2 is 1.33 bits per heavy atom. The largest absolute Gasteiger partial charge is 0.353 e. The van der Waals surface area contributed by atoms with Crippen LogP contribution in [0.25, 0.3) is 0 Å². The van der Waals surface area contributed by atoms with Gasteiger partial charge in [0.15, 0.2) is 11.7 Å². The summed E-state index contributed by atoms with van der Waals surface area (Å²) in [6, 6.07) is 18.1. The predicted molar refractivity (Wildman–Crippen MR) is 124 cm³/mol. The molecule has 0 heterocycles. The van der Waals surface area contributed by atoms with Gasteiger partial charge < -0.3 is 10.6 Å². The van der Waals surface area contributed by atoms with Gasteiger partial charge in [0.05, 0.1) is 6.04 Å². The Bertz CT molecular complexity index is 832. The van der Waals surface area contributed by atoms with Gasteiger partial charge in [-0.2, -0.15) is 0 Å². The lowest BCUT2D eigenvalue weighted by atomic mass is 9.95. The molecule has 2 fully saturated rings. The number of benzene rings is 2. The summed E-state index contributed by atoms with van der Waals surface area (Å²) in [5.74, 6) is 0.953. The topological polar surface area (TPSA) is 53.5 Å². The van der Waals surface area contributed by atoms with Crippen LogP contribution >= 0.6 is 0 Å². The summed E-state index contributed by atoms with van der Waals surface area (Å²) in [7, 11) is 0. The fourth-order valence-corrected chi connectivity index (χ4v) is 4.54. The van der Waals surface area contributed by atoms with Crippen LogP contribution < -0.4 is 10.6 Å². The van der Waals surface area contributed by atoms with E-state index in [2.05, 4.69) is 10.6 Å². The van der Waals surface area contributed by atoms with E-state index in [0.29, 0.717) is 17.6 Å². The molecule has 158 valence electrons. The van der Waals surface area contributed by atoms with Crippen LogP contribution in [0.5, 0.6) is 0 Å². The molecule has 0 spiro atoms. The average Bonchev–Trinajstić information content (AvgIpc) is 2.81. The highest BCUT2D eigenvalue weighted by molar-refractivity contribution is 6.09. The van der Waals surface area contributed by atoms with Crippen molar-refractivity contribution in [2.45, 2.75) is 76.3 Å². The molecule has 0 saturated heterocycles. The molecule has 2 saturated carbocycles. The molecule has 0 bridgehead atoms. The number of hydrogen-bond acceptors (Lipinski definition) is 2. The summed E-state index contributed by atoms with van der Waals surface area (Å²) in [4.78, 5) is 17.7. The highest BCUT2D eigenvalue weighted by Gasteiger charge is 2.18. The summed E-state index contributed by atoms with van der Waals surface area (Å²) in [5, 5.41) is 7.19. The molecule has 0 atom stereocenters. The van der Waals surface area contributed by atoms with Crippen LogP contribution in [0.15, 0.2) is 59.6 Å². The number of aliphatic imine (C=N–C) groups is 1. The molecule has 4 rings (SSSR count). The van der Waals surface area contributed by atoms with E-state index in [9.17, 15) is 4.79 Å². The number of anilines is 1. The third kappa shape index (κ3) is 5.71. The van der Waals surface area contributed by atoms with Gasteiger partial charge >= 0.3 is 0 Å². The Morgan fingerprint density at radius 3 is 2.00 bits per heavy atom. The highest BCUT2D eigenvalue weighted by atomic mass is 16.1. The van der Waals surface area contributed by atoms with Crippen molar-refractivity contribution in [3.63, 3.8) is 0 Å². The lowest BCUT2D eigenvalue weighted by Gasteiger charge is -2.27. The van der Waals surface area contributed by atoms with Gasteiger partial charge in [0.25, 0.3) is 0 Å². The Kier molecular flexibility index (Phi) is 7.17. The average molecular weight is 404 g/mol. The lowest BCUT2D eigenvalue weighted by Crippen LogP contribution is -2.41. The Labute approximate surface area is 180 Å². The number of nitrogens with one attached hydrogen (secondary N) is 2. The Morgan fingerprint density at radius 1 is 0.733 bits per heavy atom. The molecule has 0 unspecified atom stereocenters. The first-order valence-corrected chi connectivity index (χ1v) is 11.6. The maximum absolute atomic E-state index is 12.6. The minimum absolute atomic E-state index is 0.0542. The number of hydrogen-bond donors (Lipinski definition) is 2. The monoisotopic (exact) mass is 403 g/mol. The van der Waals surface area contributed by atoms with E-state index in [1.165, 1.54) is 64.2 Å². The van der Waals surface area contributed by atoms with Crippen molar-refractivity contribution in [2.75, 3.05) is 5.32 Å². The van der Waals surface area contributed by atoms with Crippen LogP contribution in [-0.4, -0.2) is 23.8 Å². The molecule has 4 heteroatoms. The summed E-state index contributed by atoms with van der Waals surface area (Å²) in [5.41, 5.74) is 2.40. The third-order valence-corrected chi connectivity index (χ3v) is 6.28. The Hall–Kier alpha value is -2.62. The van der Waals surface area contributed by atoms with Gasteiger partial charge in [-0.1, -0.05) is 68.9 Å². The molecule has 0 radical (unpaired) electrons. The second-order valence-electron chi connectivity index (χ2n) is 8.65. The lowest BCUT2D eigenvalue weighted by molar-refractivity contribution is 0.103. The van der Waals surface area contributed by atoms with Crippen LogP contribution in [0, 0.1) is 0 Å². The van der Waals surface area contributed by atoms with Gasteiger partial charge in [-0.05, 0) is 49.9 Å². The molecule has 2 N–H and O–H groups in total. The van der Waals surface area contributed by atoms with Crippen LogP contribution in [0.1, 0.15) is 80.1 Å². The first-order valence-electron chi connectivity index (χ1n) is 11.6. The molecule has 2 aliphatic rings. The summed E-state index contributed by atoms with van der Waals surface area (Å²) < 4.78 is 0. The van der Waals surface area contributed by atoms with E-state index in [1.54, 1.807) is 0 Å². The summed E-state index contributed by atoms with van der Waals surface area (Å²) >= 11 is 0. The number of nitrogens with zero attached hydrogens (tertiary/aromatic N) is 1. The SMILES string of the molecule is O=C(c1ccccc1)c1ccc(NC(=NC2CCCCC2)NC2CCCCC2)cc1. The minimum atomic E-state index is 0.0542. The van der Waals surface area contributed by atoms with E-state index in [1.807, 2.05) is 54.6 Å². The van der Waals surface area contributed by atoms with Gasteiger partial charge in [0, 0.05) is 22.9 Å². The van der Waals surface area contributed by atoms with Gasteiger partial charge in [-0.15, -0.1) is 0 Å². The normalized spacial score (nSPS) is 18.7. The molecule has 30 heavy (non-hydrogen) atoms. The first-order chi connectivity index (χ1) is 14.8.